The van der Waals surface area contributed by atoms with Crippen LogP contribution in [0.3, 0.4) is 0 Å². The van der Waals surface area contributed by atoms with Crippen molar-refractivity contribution in [2.45, 2.75) is 434 Å². The number of ether oxygens (including phenoxy) is 14. The van der Waals surface area contributed by atoms with E-state index in [0.717, 1.165) is 215 Å². The second-order valence-electron chi connectivity index (χ2n) is 41.2. The van der Waals surface area contributed by atoms with Gasteiger partial charge in [-0.25, -0.2) is 0 Å². The molecule has 0 bridgehead atoms. The van der Waals surface area contributed by atoms with Crippen molar-refractivity contribution < 1.29 is 109 Å². The van der Waals surface area contributed by atoms with E-state index < -0.39 is 0 Å². The second kappa shape index (κ2) is 86.7. The van der Waals surface area contributed by atoms with Gasteiger partial charge in [-0.2, -0.15) is 0 Å². The van der Waals surface area contributed by atoms with Gasteiger partial charge in [0.2, 0.25) is 0 Å². The molecule has 23 heteroatoms. The van der Waals surface area contributed by atoms with Crippen molar-refractivity contribution in [3.63, 3.8) is 0 Å². The first-order valence-corrected chi connectivity index (χ1v) is 55.4. The van der Waals surface area contributed by atoms with Crippen molar-refractivity contribution in [1.29, 1.82) is 0 Å². The molecule has 0 heterocycles. The van der Waals surface area contributed by atoms with Crippen LogP contribution in [0.4, 0.5) is 0 Å². The van der Waals surface area contributed by atoms with E-state index in [0.29, 0.717) is 52.2 Å². The average molecular weight is 1930 g/mol. The molecule has 9 rings (SSSR count). The van der Waals surface area contributed by atoms with Gasteiger partial charge in [-0.05, 0) is 297 Å². The predicted octanol–water partition coefficient (Wildman–Crippen LogP) is 26.5. The topological polar surface area (TPSA) is 283 Å². The number of methoxy groups -OCH3 is 10. The van der Waals surface area contributed by atoms with Crippen LogP contribution in [-0.4, -0.2) is 184 Å². The lowest BCUT2D eigenvalue weighted by atomic mass is 9.80. The van der Waals surface area contributed by atoms with E-state index in [9.17, 15) is 43.2 Å². The van der Waals surface area contributed by atoms with Crippen molar-refractivity contribution in [3.8, 4) is 0 Å². The van der Waals surface area contributed by atoms with Crippen LogP contribution in [-0.2, 0) is 109 Å². The van der Waals surface area contributed by atoms with Gasteiger partial charge in [-0.15, -0.1) is 0 Å². The molecule has 0 spiro atoms. The molecule has 0 aromatic heterocycles. The summed E-state index contributed by atoms with van der Waals surface area (Å²) >= 11 is 0. The summed E-state index contributed by atoms with van der Waals surface area (Å²) in [6.45, 7) is 22.7. The summed E-state index contributed by atoms with van der Waals surface area (Å²) < 4.78 is 69.1. The minimum atomic E-state index is -0.0621. The first-order chi connectivity index (χ1) is 65.9. The average Bonchev–Trinajstić information content (AvgIpc) is 0.889. The molecule has 798 valence electrons. The summed E-state index contributed by atoms with van der Waals surface area (Å²) in [5.41, 5.74) is 0. The largest absolute Gasteiger partial charge is 0.469 e. The summed E-state index contributed by atoms with van der Waals surface area (Å²) in [6, 6.07) is 0. The lowest BCUT2D eigenvalue weighted by Gasteiger charge is -2.26. The molecule has 0 radical (unpaired) electrons. The Labute approximate surface area is 830 Å². The van der Waals surface area contributed by atoms with Crippen molar-refractivity contribution in [1.82, 2.24) is 0 Å². The minimum absolute atomic E-state index is 0.000980. The fourth-order valence-corrected chi connectivity index (χ4v) is 21.0. The highest BCUT2D eigenvalue weighted by Crippen LogP contribution is 2.40. The standard InChI is InChI=1S/C15H28O2.C14H26O2.C13H24O3.C13H24O2.C12H22O4.C12H22O3.C12H22O2.C11H20O3.C11H20O2/c1-3-4-5-6-7-8-13-9-11-14(12-10-13)15(16)17-2;1-3-4-5-6-7-12-8-10-13(11-9-12)14(15)16-2;1-11-5-7-12(8-6-11)13(14)16-10-4-3-9-15-2;1-3-4-5-6-11-7-9-12(10-8-11)13(14)15-2;1-14-7-8-16-12(13)11-5-3-10(4-6-11)9-15-2;1-3-10-4-6-11(7-5-10)12(13)15-9-8-14-2;1-3-4-5-10-6-8-11(9-7-10)12(13)14-2;1-9-3-5-10(6-4-9)11(12)14-8-7-13-2;1-3-4-9-5-7-10(8-6-9)11(12)13-2/h13-14H,3-12H2,1-2H3;12-13H,3-11H2,1-2H3;11-12H,3-10H2,1-2H3;11-12H,3-10H2,1-2H3;10-11H,3-9H2,1-2H3;10-11H,3-9H2,1-2H3;10-11H,3-9H2,1-2H3;9-10H,3-8H2,1-2H3;9-10H,3-8H2,1-2H3. The van der Waals surface area contributed by atoms with E-state index in [1.807, 2.05) is 0 Å². The highest BCUT2D eigenvalue weighted by atomic mass is 16.6. The quantitative estimate of drug-likeness (QED) is 0.0311. The summed E-state index contributed by atoms with van der Waals surface area (Å²) in [7, 11) is 15.7. The fraction of sp³-hybridized carbons (Fsp3) is 0.920. The maximum Gasteiger partial charge on any atom is 0.309 e. The number of esters is 9. The van der Waals surface area contributed by atoms with Gasteiger partial charge in [0.1, 0.15) is 19.8 Å². The summed E-state index contributed by atoms with van der Waals surface area (Å²) in [6.07, 6.45) is 69.9. The van der Waals surface area contributed by atoms with E-state index in [1.165, 1.54) is 260 Å². The lowest BCUT2D eigenvalue weighted by molar-refractivity contribution is -0.152. The van der Waals surface area contributed by atoms with Crippen LogP contribution < -0.4 is 0 Å². The molecule has 136 heavy (non-hydrogen) atoms. The Balaban J connectivity index is 0.000000766. The molecular weight excluding hydrogens is 1730 g/mol. The zero-order valence-corrected chi connectivity index (χ0v) is 90.4. The molecule has 9 aliphatic rings. The lowest BCUT2D eigenvalue weighted by Crippen LogP contribution is -2.26. The monoisotopic (exact) mass is 1930 g/mol. The Kier molecular flexibility index (Phi) is 82.2. The first-order valence-electron chi connectivity index (χ1n) is 55.4. The maximum absolute atomic E-state index is 11.7. The van der Waals surface area contributed by atoms with Crippen LogP contribution in [0.25, 0.3) is 0 Å². The van der Waals surface area contributed by atoms with Crippen molar-refractivity contribution in [2.75, 3.05) is 131 Å². The van der Waals surface area contributed by atoms with Gasteiger partial charge in [-0.3, -0.25) is 43.2 Å². The SMILES string of the molecule is CCC1CCC(C(=O)OCCOC)CC1.CCCC1CCC(C(=O)OC)CC1.CCCCC1CCC(C(=O)OC)CC1.CCCCCC1CCC(C(=O)OC)CC1.CCCCCCC1CCC(C(=O)OC)CC1.CCCCCCCC1CCC(C(=O)OC)CC1.COCCCCOC(=O)C1CCC(C)CC1.COCCOC(=O)C1CCC(C)CC1.COCCOC(=O)C1CCC(COC)CC1. The molecule has 0 atom stereocenters. The molecule has 0 aromatic rings. The zero-order chi connectivity index (χ0) is 101. The Morgan fingerprint density at radius 3 is 0.654 bits per heavy atom. The smallest absolute Gasteiger partial charge is 0.309 e. The Morgan fingerprint density at radius 2 is 0.397 bits per heavy atom. The summed E-state index contributed by atoms with van der Waals surface area (Å²) in [5.74, 6) is 8.76. The van der Waals surface area contributed by atoms with Gasteiger partial charge in [0.05, 0.1) is 115 Å². The number of carbonyl (C=O) groups is 9. The number of carbonyl (C=O) groups excluding carboxylic acids is 9. The van der Waals surface area contributed by atoms with Crippen LogP contribution in [0.5, 0.6) is 0 Å². The van der Waals surface area contributed by atoms with E-state index in [-0.39, 0.29) is 107 Å². The number of unbranched alkanes of at least 4 members (excludes halogenated alkanes) is 11. The Bertz CT molecular complexity index is 2860. The van der Waals surface area contributed by atoms with E-state index in [4.69, 9.17) is 66.3 Å². The normalized spacial score (nSPS) is 26.2. The maximum atomic E-state index is 11.7. The van der Waals surface area contributed by atoms with Crippen molar-refractivity contribution in [3.05, 3.63) is 0 Å². The van der Waals surface area contributed by atoms with E-state index in [2.05, 4.69) is 55.4 Å². The molecule has 9 aliphatic carbocycles. The molecule has 9 fully saturated rings. The van der Waals surface area contributed by atoms with Crippen LogP contribution in [0, 0.1) is 107 Å². The summed E-state index contributed by atoms with van der Waals surface area (Å²) in [5, 5.41) is 0. The fourth-order valence-electron chi connectivity index (χ4n) is 21.0. The van der Waals surface area contributed by atoms with E-state index in [1.54, 1.807) is 35.5 Å². The minimum Gasteiger partial charge on any atom is -0.469 e. The first kappa shape index (κ1) is 129. The van der Waals surface area contributed by atoms with Crippen LogP contribution in [0.2, 0.25) is 0 Å². The molecule has 0 amide bonds. The van der Waals surface area contributed by atoms with Crippen molar-refractivity contribution >= 4 is 53.7 Å². The van der Waals surface area contributed by atoms with E-state index >= 15 is 0 Å². The molecule has 0 unspecified atom stereocenters. The Hall–Kier alpha value is -4.97. The van der Waals surface area contributed by atoms with Crippen LogP contribution >= 0.6 is 0 Å². The van der Waals surface area contributed by atoms with Crippen LogP contribution in [0.1, 0.15) is 434 Å². The van der Waals surface area contributed by atoms with Gasteiger partial charge >= 0.3 is 53.7 Å². The third-order valence-corrected chi connectivity index (χ3v) is 30.6. The molecule has 9 saturated carbocycles. The van der Waals surface area contributed by atoms with Gasteiger partial charge in [0, 0.05) is 48.8 Å². The van der Waals surface area contributed by atoms with Crippen LogP contribution in [0.15, 0.2) is 0 Å². The summed E-state index contributed by atoms with van der Waals surface area (Å²) in [4.78, 5) is 103. The number of hydrogen-bond acceptors (Lipinski definition) is 23. The molecular formula is C113H208O23. The molecule has 0 N–H and O–H groups in total. The third kappa shape index (κ3) is 63.1. The highest BCUT2D eigenvalue weighted by molar-refractivity contribution is 5.75. The Morgan fingerprint density at radius 1 is 0.184 bits per heavy atom. The highest BCUT2D eigenvalue weighted by Gasteiger charge is 2.34. The molecule has 0 saturated heterocycles. The number of hydrogen-bond donors (Lipinski definition) is 0. The molecule has 0 aromatic carbocycles. The van der Waals surface area contributed by atoms with Gasteiger partial charge in [-0.1, -0.05) is 190 Å². The van der Waals surface area contributed by atoms with Gasteiger partial charge in [0.25, 0.3) is 0 Å². The second-order valence-corrected chi connectivity index (χ2v) is 41.2. The predicted molar refractivity (Wildman–Crippen MR) is 544 cm³/mol. The number of rotatable bonds is 46. The molecule has 23 nitrogen and oxygen atoms in total. The van der Waals surface area contributed by atoms with Gasteiger partial charge < -0.3 is 66.3 Å². The molecule has 0 aliphatic heterocycles. The third-order valence-electron chi connectivity index (χ3n) is 30.6. The zero-order valence-electron chi connectivity index (χ0n) is 90.4. The van der Waals surface area contributed by atoms with Crippen molar-refractivity contribution in [2.24, 2.45) is 107 Å². The van der Waals surface area contributed by atoms with Gasteiger partial charge in [0.15, 0.2) is 0 Å².